The summed E-state index contributed by atoms with van der Waals surface area (Å²) in [4.78, 5) is 0. The Bertz CT molecular complexity index is 433. The van der Waals surface area contributed by atoms with E-state index in [2.05, 4.69) is 26.6 Å². The minimum Gasteiger partial charge on any atom is -0.360 e. The molecule has 2 nitrogen and oxygen atoms in total. The summed E-state index contributed by atoms with van der Waals surface area (Å²) in [6, 6.07) is 6.14. The molecule has 1 aliphatic carbocycles. The highest BCUT2D eigenvalue weighted by Crippen LogP contribution is 2.26. The highest BCUT2D eigenvalue weighted by molar-refractivity contribution is 9.10. The van der Waals surface area contributed by atoms with Crippen molar-refractivity contribution in [2.24, 2.45) is 0 Å². The Labute approximate surface area is 127 Å². The number of nitrogens with one attached hydrogen (secondary N) is 2. The van der Waals surface area contributed by atoms with E-state index in [0.717, 1.165) is 10.2 Å². The van der Waals surface area contributed by atoms with E-state index in [1.165, 1.54) is 32.1 Å². The SMILES string of the molecule is S=C(Nc1ccc(Cl)cc1Br)NC1CCCCC1. The van der Waals surface area contributed by atoms with Crippen LogP contribution >= 0.6 is 39.7 Å². The van der Waals surface area contributed by atoms with Crippen molar-refractivity contribution in [1.29, 1.82) is 0 Å². The van der Waals surface area contributed by atoms with Gasteiger partial charge in [0.05, 0.1) is 5.69 Å². The van der Waals surface area contributed by atoms with Gasteiger partial charge in [-0.1, -0.05) is 30.9 Å². The Morgan fingerprint density at radius 3 is 2.67 bits per heavy atom. The fourth-order valence-corrected chi connectivity index (χ4v) is 3.24. The van der Waals surface area contributed by atoms with E-state index in [0.29, 0.717) is 16.2 Å². The molecule has 1 aromatic rings. The monoisotopic (exact) mass is 346 g/mol. The molecular weight excluding hydrogens is 332 g/mol. The second-order valence-corrected chi connectivity index (χ2v) is 6.26. The first-order chi connectivity index (χ1) is 8.65. The van der Waals surface area contributed by atoms with E-state index >= 15 is 0 Å². The van der Waals surface area contributed by atoms with E-state index in [9.17, 15) is 0 Å². The number of benzene rings is 1. The summed E-state index contributed by atoms with van der Waals surface area (Å²) in [6.45, 7) is 0. The Morgan fingerprint density at radius 1 is 1.28 bits per heavy atom. The highest BCUT2D eigenvalue weighted by atomic mass is 79.9. The first-order valence-corrected chi connectivity index (χ1v) is 7.75. The van der Waals surface area contributed by atoms with Gasteiger partial charge in [-0.2, -0.15) is 0 Å². The van der Waals surface area contributed by atoms with Crippen LogP contribution in [0.3, 0.4) is 0 Å². The summed E-state index contributed by atoms with van der Waals surface area (Å²) in [6.07, 6.45) is 6.37. The maximum absolute atomic E-state index is 5.90. The molecule has 1 saturated carbocycles. The summed E-state index contributed by atoms with van der Waals surface area (Å²) in [5, 5.41) is 7.97. The van der Waals surface area contributed by atoms with Crippen molar-refractivity contribution >= 4 is 50.5 Å². The van der Waals surface area contributed by atoms with E-state index in [-0.39, 0.29) is 0 Å². The molecule has 2 rings (SSSR count). The van der Waals surface area contributed by atoms with Crippen LogP contribution in [0.1, 0.15) is 32.1 Å². The maximum Gasteiger partial charge on any atom is 0.171 e. The van der Waals surface area contributed by atoms with Gasteiger partial charge in [0, 0.05) is 15.5 Å². The third-order valence-electron chi connectivity index (χ3n) is 3.12. The van der Waals surface area contributed by atoms with Crippen molar-refractivity contribution in [2.75, 3.05) is 5.32 Å². The molecule has 18 heavy (non-hydrogen) atoms. The van der Waals surface area contributed by atoms with E-state index in [4.69, 9.17) is 23.8 Å². The molecule has 1 fully saturated rings. The molecule has 0 spiro atoms. The fraction of sp³-hybridized carbons (Fsp3) is 0.462. The molecule has 0 unspecified atom stereocenters. The number of hydrogen-bond acceptors (Lipinski definition) is 1. The maximum atomic E-state index is 5.90. The van der Waals surface area contributed by atoms with Gasteiger partial charge in [-0.25, -0.2) is 0 Å². The average molecular weight is 348 g/mol. The Morgan fingerprint density at radius 2 is 2.00 bits per heavy atom. The van der Waals surface area contributed by atoms with Crippen LogP contribution in [0.2, 0.25) is 5.02 Å². The van der Waals surface area contributed by atoms with E-state index < -0.39 is 0 Å². The topological polar surface area (TPSA) is 24.1 Å². The third kappa shape index (κ3) is 4.11. The largest absolute Gasteiger partial charge is 0.360 e. The summed E-state index contributed by atoms with van der Waals surface area (Å²) >= 11 is 14.7. The van der Waals surface area contributed by atoms with Gasteiger partial charge in [0.25, 0.3) is 0 Å². The lowest BCUT2D eigenvalue weighted by Gasteiger charge is -2.24. The molecule has 1 aromatic carbocycles. The molecule has 0 amide bonds. The standard InChI is InChI=1S/C13H16BrClN2S/c14-11-8-9(15)6-7-12(11)17-13(18)16-10-4-2-1-3-5-10/h6-8,10H,1-5H2,(H2,16,17,18). The number of hydrogen-bond donors (Lipinski definition) is 2. The summed E-state index contributed by atoms with van der Waals surface area (Å²) in [7, 11) is 0. The second-order valence-electron chi connectivity index (χ2n) is 4.56. The molecule has 2 N–H and O–H groups in total. The minimum atomic E-state index is 0.518. The van der Waals surface area contributed by atoms with E-state index in [1.807, 2.05) is 18.2 Å². The molecule has 5 heteroatoms. The second kappa shape index (κ2) is 6.73. The molecule has 0 atom stereocenters. The minimum absolute atomic E-state index is 0.518. The summed E-state index contributed by atoms with van der Waals surface area (Å²) in [5.41, 5.74) is 0.938. The van der Waals surface area contributed by atoms with Gasteiger partial charge >= 0.3 is 0 Å². The number of halogens is 2. The average Bonchev–Trinajstić information content (AvgIpc) is 2.34. The third-order valence-corrected chi connectivity index (χ3v) is 4.23. The molecule has 0 radical (unpaired) electrons. The Balaban J connectivity index is 1.90. The highest BCUT2D eigenvalue weighted by Gasteiger charge is 2.14. The molecule has 0 heterocycles. The van der Waals surface area contributed by atoms with Crippen LogP contribution in [-0.4, -0.2) is 11.2 Å². The Kier molecular flexibility index (Phi) is 5.27. The smallest absolute Gasteiger partial charge is 0.171 e. The van der Waals surface area contributed by atoms with Gasteiger partial charge in [0.2, 0.25) is 0 Å². The lowest BCUT2D eigenvalue weighted by Crippen LogP contribution is -2.38. The molecule has 0 aromatic heterocycles. The lowest BCUT2D eigenvalue weighted by molar-refractivity contribution is 0.415. The normalized spacial score (nSPS) is 16.3. The van der Waals surface area contributed by atoms with Gasteiger partial charge in [-0.05, 0) is 59.2 Å². The van der Waals surface area contributed by atoms with Gasteiger partial charge in [0.1, 0.15) is 0 Å². The van der Waals surface area contributed by atoms with Crippen molar-refractivity contribution in [3.05, 3.63) is 27.7 Å². The zero-order valence-electron chi connectivity index (χ0n) is 10.0. The summed E-state index contributed by atoms with van der Waals surface area (Å²) in [5.74, 6) is 0. The van der Waals surface area contributed by atoms with Crippen LogP contribution in [0.5, 0.6) is 0 Å². The summed E-state index contributed by atoms with van der Waals surface area (Å²) < 4.78 is 0.919. The number of anilines is 1. The Hall–Kier alpha value is -0.320. The van der Waals surface area contributed by atoms with Gasteiger partial charge in [-0.15, -0.1) is 0 Å². The molecule has 0 aliphatic heterocycles. The van der Waals surface area contributed by atoms with Crippen LogP contribution < -0.4 is 10.6 Å². The molecule has 98 valence electrons. The molecular formula is C13H16BrClN2S. The van der Waals surface area contributed by atoms with Gasteiger partial charge < -0.3 is 10.6 Å². The quantitative estimate of drug-likeness (QED) is 0.757. The zero-order valence-corrected chi connectivity index (χ0v) is 13.2. The predicted octanol–water partition coefficient (Wildman–Crippen LogP) is 4.72. The van der Waals surface area contributed by atoms with Gasteiger partial charge in [-0.3, -0.25) is 0 Å². The van der Waals surface area contributed by atoms with Crippen molar-refractivity contribution < 1.29 is 0 Å². The number of rotatable bonds is 2. The number of thiocarbonyl (C=S) groups is 1. The van der Waals surface area contributed by atoms with Gasteiger partial charge in [0.15, 0.2) is 5.11 Å². The van der Waals surface area contributed by atoms with Crippen LogP contribution in [0.15, 0.2) is 22.7 Å². The van der Waals surface area contributed by atoms with Crippen LogP contribution in [-0.2, 0) is 0 Å². The molecule has 0 bridgehead atoms. The first kappa shape index (κ1) is 14.1. The van der Waals surface area contributed by atoms with Crippen molar-refractivity contribution in [3.8, 4) is 0 Å². The van der Waals surface area contributed by atoms with E-state index in [1.54, 1.807) is 0 Å². The molecule has 0 saturated heterocycles. The lowest BCUT2D eigenvalue weighted by atomic mass is 9.96. The zero-order chi connectivity index (χ0) is 13.0. The fourth-order valence-electron chi connectivity index (χ4n) is 2.18. The first-order valence-electron chi connectivity index (χ1n) is 6.18. The predicted molar refractivity (Wildman–Crippen MR) is 85.4 cm³/mol. The van der Waals surface area contributed by atoms with Crippen LogP contribution in [0.4, 0.5) is 5.69 Å². The van der Waals surface area contributed by atoms with Crippen molar-refractivity contribution in [3.63, 3.8) is 0 Å². The van der Waals surface area contributed by atoms with Crippen LogP contribution in [0.25, 0.3) is 0 Å². The van der Waals surface area contributed by atoms with Crippen molar-refractivity contribution in [1.82, 2.24) is 5.32 Å². The van der Waals surface area contributed by atoms with Crippen LogP contribution in [0, 0.1) is 0 Å². The van der Waals surface area contributed by atoms with Crippen molar-refractivity contribution in [2.45, 2.75) is 38.1 Å². The molecule has 1 aliphatic rings.